The summed E-state index contributed by atoms with van der Waals surface area (Å²) in [7, 11) is 4.10. The van der Waals surface area contributed by atoms with E-state index in [4.69, 9.17) is 9.52 Å². The molecule has 4 rings (SSSR count). The maximum atomic E-state index is 11.3. The van der Waals surface area contributed by atoms with Crippen molar-refractivity contribution in [2.24, 2.45) is 0 Å². The minimum atomic E-state index is -0.373. The van der Waals surface area contributed by atoms with E-state index >= 15 is 0 Å². The molecule has 1 aliphatic heterocycles. The van der Waals surface area contributed by atoms with Gasteiger partial charge in [0.1, 0.15) is 18.1 Å². The summed E-state index contributed by atoms with van der Waals surface area (Å²) in [6.07, 6.45) is 1.52. The molecule has 1 saturated heterocycles. The molecule has 1 aromatic heterocycles. The van der Waals surface area contributed by atoms with Crippen molar-refractivity contribution >= 4 is 0 Å². The van der Waals surface area contributed by atoms with Crippen LogP contribution in [0.3, 0.4) is 0 Å². The molecule has 2 heterocycles. The molecule has 0 amide bonds. The van der Waals surface area contributed by atoms with Crippen molar-refractivity contribution < 1.29 is 14.6 Å². The van der Waals surface area contributed by atoms with Crippen molar-refractivity contribution in [1.82, 2.24) is 9.80 Å². The van der Waals surface area contributed by atoms with E-state index in [0.29, 0.717) is 5.76 Å². The van der Waals surface area contributed by atoms with Crippen molar-refractivity contribution in [1.29, 1.82) is 0 Å². The second-order valence-corrected chi connectivity index (χ2v) is 7.90. The van der Waals surface area contributed by atoms with Gasteiger partial charge in [0.15, 0.2) is 0 Å². The molecule has 2 N–H and O–H groups in total. The first-order chi connectivity index (χ1) is 12.5. The number of benzene rings is 1. The van der Waals surface area contributed by atoms with E-state index in [0.717, 1.165) is 38.2 Å². The van der Waals surface area contributed by atoms with Gasteiger partial charge in [0.2, 0.25) is 0 Å². The first kappa shape index (κ1) is 17.7. The zero-order valence-corrected chi connectivity index (χ0v) is 15.6. The van der Waals surface area contributed by atoms with Gasteiger partial charge in [-0.3, -0.25) is 4.90 Å². The number of likely N-dealkylation sites (tertiary alicyclic amines) is 1. The Morgan fingerprint density at radius 2 is 1.81 bits per heavy atom. The second kappa shape index (κ2) is 6.82. The second-order valence-electron chi connectivity index (χ2n) is 7.90. The molecule has 5 heteroatoms. The average Bonchev–Trinajstić information content (AvgIpc) is 3.19. The van der Waals surface area contributed by atoms with Crippen molar-refractivity contribution in [3.63, 3.8) is 0 Å². The highest BCUT2D eigenvalue weighted by Crippen LogP contribution is 2.52. The third-order valence-corrected chi connectivity index (χ3v) is 6.24. The van der Waals surface area contributed by atoms with Gasteiger partial charge in [-0.05, 0) is 63.3 Å². The zero-order chi connectivity index (χ0) is 18.3. The SMILES string of the molecule is CN(C)[C@@H]1c2ccccc2C2(CCN(Cc3ccc(CO)o3)CC2)[C@H]1O. The summed E-state index contributed by atoms with van der Waals surface area (Å²) in [6, 6.07) is 12.4. The van der Waals surface area contributed by atoms with E-state index in [-0.39, 0.29) is 24.2 Å². The number of piperidine rings is 1. The zero-order valence-electron chi connectivity index (χ0n) is 15.6. The van der Waals surface area contributed by atoms with Gasteiger partial charge in [-0.2, -0.15) is 0 Å². The molecular weight excluding hydrogens is 328 g/mol. The van der Waals surface area contributed by atoms with Crippen LogP contribution in [0.15, 0.2) is 40.8 Å². The molecule has 26 heavy (non-hydrogen) atoms. The lowest BCUT2D eigenvalue weighted by Crippen LogP contribution is -2.48. The monoisotopic (exact) mass is 356 g/mol. The summed E-state index contributed by atoms with van der Waals surface area (Å²) >= 11 is 0. The fraction of sp³-hybridized carbons (Fsp3) is 0.524. The first-order valence-electron chi connectivity index (χ1n) is 9.40. The highest BCUT2D eigenvalue weighted by atomic mass is 16.4. The van der Waals surface area contributed by atoms with Gasteiger partial charge < -0.3 is 19.5 Å². The summed E-state index contributed by atoms with van der Waals surface area (Å²) in [4.78, 5) is 4.52. The minimum absolute atomic E-state index is 0.0575. The predicted molar refractivity (Wildman–Crippen MR) is 99.7 cm³/mol. The largest absolute Gasteiger partial charge is 0.462 e. The molecule has 5 nitrogen and oxygen atoms in total. The first-order valence-corrected chi connectivity index (χ1v) is 9.40. The third-order valence-electron chi connectivity index (χ3n) is 6.24. The van der Waals surface area contributed by atoms with E-state index in [9.17, 15) is 5.11 Å². The van der Waals surface area contributed by atoms with Crippen LogP contribution in [0.4, 0.5) is 0 Å². The summed E-state index contributed by atoms with van der Waals surface area (Å²) in [6.45, 7) is 2.56. The van der Waals surface area contributed by atoms with Gasteiger partial charge in [-0.15, -0.1) is 0 Å². The number of aliphatic hydroxyl groups is 2. The van der Waals surface area contributed by atoms with E-state index in [1.54, 1.807) is 0 Å². The Balaban J connectivity index is 1.52. The Hall–Kier alpha value is -1.66. The maximum Gasteiger partial charge on any atom is 0.129 e. The fourth-order valence-corrected chi connectivity index (χ4v) is 4.89. The number of likely N-dealkylation sites (N-methyl/N-ethyl adjacent to an activating group) is 1. The van der Waals surface area contributed by atoms with E-state index in [1.165, 1.54) is 11.1 Å². The Kier molecular flexibility index (Phi) is 4.65. The molecule has 1 aliphatic carbocycles. The van der Waals surface area contributed by atoms with Gasteiger partial charge in [-0.1, -0.05) is 24.3 Å². The Morgan fingerprint density at radius 3 is 2.46 bits per heavy atom. The van der Waals surface area contributed by atoms with Crippen LogP contribution < -0.4 is 0 Å². The molecule has 1 spiro atoms. The molecule has 0 bridgehead atoms. The lowest BCUT2D eigenvalue weighted by atomic mass is 9.72. The molecule has 0 unspecified atom stereocenters. The number of hydrogen-bond acceptors (Lipinski definition) is 5. The van der Waals surface area contributed by atoms with E-state index < -0.39 is 0 Å². The van der Waals surface area contributed by atoms with Crippen molar-refractivity contribution in [2.75, 3.05) is 27.2 Å². The minimum Gasteiger partial charge on any atom is -0.462 e. The molecule has 1 fully saturated rings. The standard InChI is InChI=1S/C21H28N2O3/c1-22(2)19-17-5-3-4-6-18(17)21(20(19)25)9-11-23(12-10-21)13-15-7-8-16(14-24)26-15/h3-8,19-20,24-25H,9-14H2,1-2H3/t19-,20+/m1/s1. The Morgan fingerprint density at radius 1 is 1.12 bits per heavy atom. The van der Waals surface area contributed by atoms with E-state index in [2.05, 4.69) is 48.2 Å². The number of furan rings is 1. The number of nitrogens with zero attached hydrogens (tertiary/aromatic N) is 2. The quantitative estimate of drug-likeness (QED) is 0.880. The van der Waals surface area contributed by atoms with Crippen molar-refractivity contribution in [2.45, 2.75) is 43.6 Å². The normalized spacial score (nSPS) is 25.1. The molecule has 140 valence electrons. The summed E-state index contributed by atoms with van der Waals surface area (Å²) in [5, 5.41) is 20.4. The van der Waals surface area contributed by atoms with Gasteiger partial charge in [0, 0.05) is 5.41 Å². The van der Waals surface area contributed by atoms with Crippen LogP contribution in [0.25, 0.3) is 0 Å². The van der Waals surface area contributed by atoms with E-state index in [1.807, 2.05) is 12.1 Å². The fourth-order valence-electron chi connectivity index (χ4n) is 4.89. The van der Waals surface area contributed by atoms with Crippen LogP contribution in [0.5, 0.6) is 0 Å². The number of rotatable bonds is 4. The third kappa shape index (κ3) is 2.79. The highest BCUT2D eigenvalue weighted by molar-refractivity contribution is 5.45. The lowest BCUT2D eigenvalue weighted by molar-refractivity contribution is -0.00479. The maximum absolute atomic E-state index is 11.3. The van der Waals surface area contributed by atoms with Crippen LogP contribution in [0, 0.1) is 0 Å². The molecule has 2 aromatic rings. The molecular formula is C21H28N2O3. The number of hydrogen-bond donors (Lipinski definition) is 2. The van der Waals surface area contributed by atoms with Crippen LogP contribution in [0.2, 0.25) is 0 Å². The van der Waals surface area contributed by atoms with Gasteiger partial charge in [0.05, 0.1) is 18.7 Å². The molecule has 1 aromatic carbocycles. The topological polar surface area (TPSA) is 60.1 Å². The van der Waals surface area contributed by atoms with Gasteiger partial charge >= 0.3 is 0 Å². The number of fused-ring (bicyclic) bond motifs is 2. The smallest absolute Gasteiger partial charge is 0.129 e. The molecule has 2 atom stereocenters. The van der Waals surface area contributed by atoms with Gasteiger partial charge in [-0.25, -0.2) is 0 Å². The molecule has 0 saturated carbocycles. The van der Waals surface area contributed by atoms with Crippen molar-refractivity contribution in [3.05, 3.63) is 59.0 Å². The summed E-state index contributed by atoms with van der Waals surface area (Å²) in [5.41, 5.74) is 2.45. The summed E-state index contributed by atoms with van der Waals surface area (Å²) < 4.78 is 5.63. The number of aliphatic hydroxyl groups excluding tert-OH is 2. The predicted octanol–water partition coefficient (Wildman–Crippen LogP) is 2.28. The van der Waals surface area contributed by atoms with Crippen LogP contribution >= 0.6 is 0 Å². The summed E-state index contributed by atoms with van der Waals surface area (Å²) in [5.74, 6) is 1.51. The van der Waals surface area contributed by atoms with Crippen LogP contribution in [-0.2, 0) is 18.6 Å². The average molecular weight is 356 g/mol. The molecule has 2 aliphatic rings. The van der Waals surface area contributed by atoms with Crippen LogP contribution in [-0.4, -0.2) is 53.3 Å². The Labute approximate surface area is 154 Å². The molecule has 0 radical (unpaired) electrons. The highest BCUT2D eigenvalue weighted by Gasteiger charge is 2.53. The lowest BCUT2D eigenvalue weighted by Gasteiger charge is -2.43. The van der Waals surface area contributed by atoms with Gasteiger partial charge in [0.25, 0.3) is 0 Å². The Bertz CT molecular complexity index is 762. The van der Waals surface area contributed by atoms with Crippen LogP contribution in [0.1, 0.15) is 41.5 Å². The van der Waals surface area contributed by atoms with Crippen molar-refractivity contribution in [3.8, 4) is 0 Å².